The third-order valence-corrected chi connectivity index (χ3v) is 1.59. The highest BCUT2D eigenvalue weighted by molar-refractivity contribution is 5.53. The lowest BCUT2D eigenvalue weighted by atomic mass is 10.2. The van der Waals surface area contributed by atoms with E-state index in [0.717, 1.165) is 17.2 Å². The summed E-state index contributed by atoms with van der Waals surface area (Å²) in [5.74, 6) is 1.64. The van der Waals surface area contributed by atoms with Crippen LogP contribution in [0, 0.1) is 13.0 Å². The minimum atomic E-state index is 0.807. The van der Waals surface area contributed by atoms with Crippen molar-refractivity contribution in [1.82, 2.24) is 15.2 Å². The van der Waals surface area contributed by atoms with E-state index in [1.165, 1.54) is 0 Å². The third-order valence-electron chi connectivity index (χ3n) is 1.59. The summed E-state index contributed by atoms with van der Waals surface area (Å²) in [4.78, 5) is 3.06. The maximum Gasteiger partial charge on any atom is 0.161 e. The summed E-state index contributed by atoms with van der Waals surface area (Å²) in [6.45, 7) is 1.88. The molecule has 1 radical (unpaired) electrons. The van der Waals surface area contributed by atoms with Crippen LogP contribution in [0.3, 0.4) is 0 Å². The molecule has 0 aliphatic rings. The number of aromatic nitrogens is 3. The minimum absolute atomic E-state index is 0.807. The van der Waals surface area contributed by atoms with Gasteiger partial charge in [0.1, 0.15) is 5.82 Å². The average molecular weight is 158 g/mol. The van der Waals surface area contributed by atoms with Gasteiger partial charge in [-0.05, 0) is 13.0 Å². The molecule has 0 amide bonds. The lowest BCUT2D eigenvalue weighted by Crippen LogP contribution is -1.78. The van der Waals surface area contributed by atoms with Crippen LogP contribution in [-0.4, -0.2) is 15.2 Å². The van der Waals surface area contributed by atoms with Crippen LogP contribution in [0.5, 0.6) is 0 Å². The number of aryl methyl sites for hydroxylation is 1. The van der Waals surface area contributed by atoms with Crippen molar-refractivity contribution in [2.45, 2.75) is 6.92 Å². The summed E-state index contributed by atoms with van der Waals surface area (Å²) < 4.78 is 0. The van der Waals surface area contributed by atoms with E-state index in [4.69, 9.17) is 0 Å². The highest BCUT2D eigenvalue weighted by Crippen LogP contribution is 2.12. The maximum absolute atomic E-state index is 3.97. The van der Waals surface area contributed by atoms with Gasteiger partial charge < -0.3 is 4.98 Å². The summed E-state index contributed by atoms with van der Waals surface area (Å²) >= 11 is 0. The van der Waals surface area contributed by atoms with Gasteiger partial charge in [0.25, 0.3) is 0 Å². The molecule has 1 heterocycles. The van der Waals surface area contributed by atoms with Gasteiger partial charge in [-0.25, -0.2) is 0 Å². The number of nitrogens with zero attached hydrogens (tertiary/aromatic N) is 2. The van der Waals surface area contributed by atoms with Crippen LogP contribution < -0.4 is 0 Å². The Morgan fingerprint density at radius 1 is 1.25 bits per heavy atom. The van der Waals surface area contributed by atoms with Gasteiger partial charge in [0.05, 0.1) is 0 Å². The normalized spacial score (nSPS) is 10.1. The van der Waals surface area contributed by atoms with Gasteiger partial charge in [0.15, 0.2) is 5.82 Å². The Morgan fingerprint density at radius 2 is 2.00 bits per heavy atom. The van der Waals surface area contributed by atoms with E-state index >= 15 is 0 Å². The van der Waals surface area contributed by atoms with Gasteiger partial charge in [-0.1, -0.05) is 24.3 Å². The molecule has 0 bridgehead atoms. The van der Waals surface area contributed by atoms with Crippen molar-refractivity contribution >= 4 is 0 Å². The maximum atomic E-state index is 3.97. The van der Waals surface area contributed by atoms with Crippen molar-refractivity contribution in [3.63, 3.8) is 0 Å². The number of benzene rings is 1. The molecule has 0 saturated carbocycles. The zero-order chi connectivity index (χ0) is 8.39. The summed E-state index contributed by atoms with van der Waals surface area (Å²) in [5, 5.41) is 7.84. The predicted molar refractivity (Wildman–Crippen MR) is 45.4 cm³/mol. The molecule has 0 aliphatic carbocycles. The third kappa shape index (κ3) is 1.21. The second-order valence-corrected chi connectivity index (χ2v) is 2.55. The van der Waals surface area contributed by atoms with E-state index in [0.29, 0.717) is 0 Å². The van der Waals surface area contributed by atoms with Crippen LogP contribution in [0.1, 0.15) is 5.82 Å². The number of hydrogen-bond donors (Lipinski definition) is 1. The van der Waals surface area contributed by atoms with E-state index in [-0.39, 0.29) is 0 Å². The molecule has 1 aromatic carbocycles. The Kier molecular flexibility index (Phi) is 1.63. The Balaban J connectivity index is 2.45. The Labute approximate surface area is 70.5 Å². The number of rotatable bonds is 1. The number of nitrogens with one attached hydrogen (secondary N) is 1. The number of hydrogen-bond acceptors (Lipinski definition) is 2. The van der Waals surface area contributed by atoms with Crippen LogP contribution in [0.2, 0.25) is 0 Å². The van der Waals surface area contributed by atoms with E-state index in [1.807, 2.05) is 31.2 Å². The SMILES string of the molecule is Cc1nnc(-c2cc[c]cc2)[nH]1. The molecule has 0 spiro atoms. The van der Waals surface area contributed by atoms with Crippen molar-refractivity contribution in [1.29, 1.82) is 0 Å². The van der Waals surface area contributed by atoms with Gasteiger partial charge in [-0.3, -0.25) is 0 Å². The van der Waals surface area contributed by atoms with E-state index in [2.05, 4.69) is 21.2 Å². The monoisotopic (exact) mass is 158 g/mol. The van der Waals surface area contributed by atoms with Gasteiger partial charge in [0.2, 0.25) is 0 Å². The largest absolute Gasteiger partial charge is 0.325 e. The fraction of sp³-hybridized carbons (Fsp3) is 0.111. The van der Waals surface area contributed by atoms with Gasteiger partial charge >= 0.3 is 0 Å². The van der Waals surface area contributed by atoms with E-state index < -0.39 is 0 Å². The second kappa shape index (κ2) is 2.77. The summed E-state index contributed by atoms with van der Waals surface area (Å²) in [5.41, 5.74) is 1.04. The molecule has 3 heteroatoms. The molecule has 12 heavy (non-hydrogen) atoms. The first kappa shape index (κ1) is 7.03. The molecule has 59 valence electrons. The smallest absolute Gasteiger partial charge is 0.161 e. The first-order chi connectivity index (χ1) is 5.86. The van der Waals surface area contributed by atoms with Crippen molar-refractivity contribution in [3.8, 4) is 11.4 Å². The second-order valence-electron chi connectivity index (χ2n) is 2.55. The molecular formula is C9H8N3. The van der Waals surface area contributed by atoms with Crippen LogP contribution in [0.15, 0.2) is 24.3 Å². The first-order valence-corrected chi connectivity index (χ1v) is 3.72. The van der Waals surface area contributed by atoms with Gasteiger partial charge in [-0.2, -0.15) is 0 Å². The van der Waals surface area contributed by atoms with E-state index in [1.54, 1.807) is 0 Å². The predicted octanol–water partition coefficient (Wildman–Crippen LogP) is 1.58. The highest BCUT2D eigenvalue weighted by Gasteiger charge is 1.99. The molecule has 1 aromatic heterocycles. The lowest BCUT2D eigenvalue weighted by molar-refractivity contribution is 1.04. The summed E-state index contributed by atoms with van der Waals surface area (Å²) in [7, 11) is 0. The Morgan fingerprint density at radius 3 is 2.58 bits per heavy atom. The van der Waals surface area contributed by atoms with Crippen LogP contribution in [0.25, 0.3) is 11.4 Å². The van der Waals surface area contributed by atoms with Gasteiger partial charge in [-0.15, -0.1) is 10.2 Å². The first-order valence-electron chi connectivity index (χ1n) is 3.72. The molecule has 2 aromatic rings. The topological polar surface area (TPSA) is 41.6 Å². The Bertz CT molecular complexity index is 364. The number of H-pyrrole nitrogens is 1. The zero-order valence-electron chi connectivity index (χ0n) is 6.70. The molecular weight excluding hydrogens is 150 g/mol. The zero-order valence-corrected chi connectivity index (χ0v) is 6.70. The molecule has 1 N–H and O–H groups in total. The lowest BCUT2D eigenvalue weighted by Gasteiger charge is -1.91. The molecule has 0 fully saturated rings. The molecule has 0 aliphatic heterocycles. The van der Waals surface area contributed by atoms with Crippen molar-refractivity contribution in [2.75, 3.05) is 0 Å². The van der Waals surface area contributed by atoms with Crippen LogP contribution in [-0.2, 0) is 0 Å². The van der Waals surface area contributed by atoms with Crippen molar-refractivity contribution < 1.29 is 0 Å². The van der Waals surface area contributed by atoms with E-state index in [9.17, 15) is 0 Å². The summed E-state index contributed by atoms with van der Waals surface area (Å²) in [6, 6.07) is 10.5. The van der Waals surface area contributed by atoms with Crippen molar-refractivity contribution in [2.24, 2.45) is 0 Å². The van der Waals surface area contributed by atoms with Crippen LogP contribution >= 0.6 is 0 Å². The summed E-state index contributed by atoms with van der Waals surface area (Å²) in [6.07, 6.45) is 0. The quantitative estimate of drug-likeness (QED) is 0.684. The standard InChI is InChI=1S/C9H8N3/c1-7-10-9(12-11-7)8-5-3-2-4-6-8/h3-6H,1H3,(H,10,11,12). The number of aromatic amines is 1. The fourth-order valence-corrected chi connectivity index (χ4v) is 1.02. The molecule has 0 atom stereocenters. The molecule has 3 nitrogen and oxygen atoms in total. The van der Waals surface area contributed by atoms with Crippen LogP contribution in [0.4, 0.5) is 0 Å². The molecule has 0 unspecified atom stereocenters. The minimum Gasteiger partial charge on any atom is -0.325 e. The average Bonchev–Trinajstić information content (AvgIpc) is 2.54. The molecule has 0 saturated heterocycles. The Hall–Kier alpha value is -1.64. The molecule has 2 rings (SSSR count). The van der Waals surface area contributed by atoms with Crippen molar-refractivity contribution in [3.05, 3.63) is 36.2 Å². The van der Waals surface area contributed by atoms with Gasteiger partial charge in [0, 0.05) is 5.56 Å². The highest BCUT2D eigenvalue weighted by atomic mass is 15.2. The fourth-order valence-electron chi connectivity index (χ4n) is 1.02.